The highest BCUT2D eigenvalue weighted by Gasteiger charge is 2.32. The number of amides is 1. The van der Waals surface area contributed by atoms with E-state index in [0.29, 0.717) is 23.1 Å². The van der Waals surface area contributed by atoms with Gasteiger partial charge >= 0.3 is 0 Å². The lowest BCUT2D eigenvalue weighted by molar-refractivity contribution is -0.123. The predicted molar refractivity (Wildman–Crippen MR) is 123 cm³/mol. The first-order chi connectivity index (χ1) is 15.6. The first-order valence-corrected chi connectivity index (χ1v) is 11.6. The van der Waals surface area contributed by atoms with Gasteiger partial charge in [0.05, 0.1) is 22.3 Å². The van der Waals surface area contributed by atoms with Crippen LogP contribution < -0.4 is 10.6 Å². The molecule has 2 aromatic heterocycles. The average molecular weight is 455 g/mol. The zero-order chi connectivity index (χ0) is 22.1. The van der Waals surface area contributed by atoms with Gasteiger partial charge in [-0.25, -0.2) is 14.6 Å². The fourth-order valence-electron chi connectivity index (χ4n) is 4.30. The zero-order valence-corrected chi connectivity index (χ0v) is 18.8. The number of benzene rings is 1. The number of carbonyl (C=O) groups excluding carboxylic acids is 1. The van der Waals surface area contributed by atoms with Gasteiger partial charge in [-0.05, 0) is 50.7 Å². The van der Waals surface area contributed by atoms with Gasteiger partial charge in [-0.15, -0.1) is 0 Å². The highest BCUT2D eigenvalue weighted by Crippen LogP contribution is 2.31. The molecule has 2 aliphatic carbocycles. The number of aromatic nitrogens is 4. The molecule has 0 radical (unpaired) electrons. The maximum absolute atomic E-state index is 12.1. The van der Waals surface area contributed by atoms with Gasteiger partial charge < -0.3 is 15.4 Å². The quantitative estimate of drug-likeness (QED) is 0.563. The highest BCUT2D eigenvalue weighted by atomic mass is 35.5. The molecule has 168 valence electrons. The molecule has 1 aromatic carbocycles. The van der Waals surface area contributed by atoms with Crippen LogP contribution in [0.1, 0.15) is 44.3 Å². The van der Waals surface area contributed by atoms with Gasteiger partial charge in [-0.3, -0.25) is 4.79 Å². The molecule has 0 spiro atoms. The Labute approximate surface area is 191 Å². The van der Waals surface area contributed by atoms with Crippen molar-refractivity contribution in [1.29, 1.82) is 0 Å². The Kier molecular flexibility index (Phi) is 5.97. The Morgan fingerprint density at radius 2 is 1.88 bits per heavy atom. The molecule has 3 aromatic rings. The van der Waals surface area contributed by atoms with Gasteiger partial charge in [0.2, 0.25) is 5.91 Å². The Morgan fingerprint density at radius 1 is 1.12 bits per heavy atom. The number of nitrogens with zero attached hydrogens (tertiary/aromatic N) is 4. The number of fused-ring (bicyclic) bond motifs is 1. The van der Waals surface area contributed by atoms with Crippen molar-refractivity contribution >= 4 is 34.4 Å². The standard InChI is InChI=1S/C23H27ClN6O2/c1-32-13-20-28-21(26-15-8-10-16(11-9-15)27-23(31)14-6-7-14)17-12-25-30(22(17)29-20)19-5-3-2-4-18(19)24/h2-5,12,14-16H,6-11,13H2,1H3,(H,27,31)(H,26,28,29). The van der Waals surface area contributed by atoms with Crippen LogP contribution in [0.15, 0.2) is 30.5 Å². The van der Waals surface area contributed by atoms with Crippen molar-refractivity contribution < 1.29 is 9.53 Å². The summed E-state index contributed by atoms with van der Waals surface area (Å²) in [6.07, 6.45) is 7.73. The van der Waals surface area contributed by atoms with Crippen molar-refractivity contribution in [2.45, 2.75) is 57.2 Å². The molecule has 2 N–H and O–H groups in total. The average Bonchev–Trinajstić information content (AvgIpc) is 3.56. The summed E-state index contributed by atoms with van der Waals surface area (Å²) in [4.78, 5) is 21.5. The van der Waals surface area contributed by atoms with Crippen LogP contribution in [-0.2, 0) is 16.1 Å². The normalized spacial score (nSPS) is 20.9. The van der Waals surface area contributed by atoms with E-state index in [4.69, 9.17) is 21.3 Å². The summed E-state index contributed by atoms with van der Waals surface area (Å²) in [5.41, 5.74) is 1.46. The predicted octanol–water partition coefficient (Wildman–Crippen LogP) is 3.86. The van der Waals surface area contributed by atoms with Crippen LogP contribution in [-0.4, -0.2) is 44.8 Å². The van der Waals surface area contributed by atoms with Crippen LogP contribution in [0.25, 0.3) is 16.7 Å². The first-order valence-electron chi connectivity index (χ1n) is 11.2. The second kappa shape index (κ2) is 9.03. The van der Waals surface area contributed by atoms with Crippen LogP contribution in [0.4, 0.5) is 5.82 Å². The van der Waals surface area contributed by atoms with Crippen molar-refractivity contribution in [2.75, 3.05) is 12.4 Å². The fourth-order valence-corrected chi connectivity index (χ4v) is 4.51. The highest BCUT2D eigenvalue weighted by molar-refractivity contribution is 6.32. The lowest BCUT2D eigenvalue weighted by Crippen LogP contribution is -2.40. The Hall–Kier alpha value is -2.71. The molecular weight excluding hydrogens is 428 g/mol. The number of para-hydroxylation sites is 1. The Bertz CT molecular complexity index is 1120. The minimum absolute atomic E-state index is 0.232. The SMILES string of the molecule is COCc1nc(NC2CCC(NC(=O)C3CC3)CC2)c2cnn(-c3ccccc3Cl)c2n1. The third-order valence-corrected chi connectivity index (χ3v) is 6.51. The second-order valence-corrected chi connectivity index (χ2v) is 9.05. The van der Waals surface area contributed by atoms with Crippen molar-refractivity contribution in [3.05, 3.63) is 41.3 Å². The number of nitrogens with one attached hydrogen (secondary N) is 2. The van der Waals surface area contributed by atoms with Gasteiger partial charge in [-0.2, -0.15) is 5.10 Å². The largest absolute Gasteiger partial charge is 0.377 e. The summed E-state index contributed by atoms with van der Waals surface area (Å²) in [7, 11) is 1.63. The van der Waals surface area contributed by atoms with Gasteiger partial charge in [0, 0.05) is 25.1 Å². The molecule has 2 saturated carbocycles. The lowest BCUT2D eigenvalue weighted by atomic mass is 9.91. The summed E-state index contributed by atoms with van der Waals surface area (Å²) in [6, 6.07) is 8.11. The van der Waals surface area contributed by atoms with Crippen molar-refractivity contribution in [3.8, 4) is 5.69 Å². The van der Waals surface area contributed by atoms with E-state index in [-0.39, 0.29) is 23.9 Å². The third-order valence-electron chi connectivity index (χ3n) is 6.19. The molecule has 0 saturated heterocycles. The van der Waals surface area contributed by atoms with E-state index in [1.807, 2.05) is 24.3 Å². The molecule has 2 heterocycles. The zero-order valence-electron chi connectivity index (χ0n) is 18.1. The van der Waals surface area contributed by atoms with E-state index in [2.05, 4.69) is 20.7 Å². The van der Waals surface area contributed by atoms with E-state index >= 15 is 0 Å². The van der Waals surface area contributed by atoms with E-state index in [1.165, 1.54) is 0 Å². The summed E-state index contributed by atoms with van der Waals surface area (Å²) in [5.74, 6) is 1.83. The van der Waals surface area contributed by atoms with Crippen LogP contribution in [0.3, 0.4) is 0 Å². The van der Waals surface area contributed by atoms with Crippen LogP contribution in [0, 0.1) is 5.92 Å². The number of ether oxygens (including phenoxy) is 1. The number of hydrogen-bond acceptors (Lipinski definition) is 6. The number of hydrogen-bond donors (Lipinski definition) is 2. The van der Waals surface area contributed by atoms with Gasteiger partial charge in [-0.1, -0.05) is 23.7 Å². The lowest BCUT2D eigenvalue weighted by Gasteiger charge is -2.30. The second-order valence-electron chi connectivity index (χ2n) is 8.64. The molecule has 32 heavy (non-hydrogen) atoms. The van der Waals surface area contributed by atoms with Crippen molar-refractivity contribution in [2.24, 2.45) is 5.92 Å². The van der Waals surface area contributed by atoms with Gasteiger partial charge in [0.1, 0.15) is 12.4 Å². The van der Waals surface area contributed by atoms with Crippen molar-refractivity contribution in [1.82, 2.24) is 25.1 Å². The maximum Gasteiger partial charge on any atom is 0.223 e. The van der Waals surface area contributed by atoms with Crippen LogP contribution in [0.2, 0.25) is 5.02 Å². The summed E-state index contributed by atoms with van der Waals surface area (Å²) >= 11 is 6.41. The van der Waals surface area contributed by atoms with Crippen LogP contribution >= 0.6 is 11.6 Å². The van der Waals surface area contributed by atoms with Gasteiger partial charge in [0.15, 0.2) is 11.5 Å². The molecule has 2 aliphatic rings. The summed E-state index contributed by atoms with van der Waals surface area (Å²) in [6.45, 7) is 0.304. The Balaban J connectivity index is 1.36. The molecule has 0 atom stereocenters. The van der Waals surface area contributed by atoms with E-state index < -0.39 is 0 Å². The number of rotatable bonds is 7. The molecular formula is C23H27ClN6O2. The first kappa shape index (κ1) is 21.2. The maximum atomic E-state index is 12.1. The molecule has 1 amide bonds. The molecule has 9 heteroatoms. The van der Waals surface area contributed by atoms with E-state index in [9.17, 15) is 4.79 Å². The minimum Gasteiger partial charge on any atom is -0.377 e. The monoisotopic (exact) mass is 454 g/mol. The fraction of sp³-hybridized carbons (Fsp3) is 0.478. The minimum atomic E-state index is 0.232. The number of anilines is 1. The van der Waals surface area contributed by atoms with Crippen molar-refractivity contribution in [3.63, 3.8) is 0 Å². The molecule has 8 nitrogen and oxygen atoms in total. The molecule has 5 rings (SSSR count). The topological polar surface area (TPSA) is 94.0 Å². The summed E-state index contributed by atoms with van der Waals surface area (Å²) < 4.78 is 7.04. The number of carbonyl (C=O) groups is 1. The number of halogens is 1. The van der Waals surface area contributed by atoms with E-state index in [0.717, 1.165) is 55.4 Å². The molecule has 0 aliphatic heterocycles. The Morgan fingerprint density at radius 3 is 2.59 bits per heavy atom. The molecule has 0 bridgehead atoms. The van der Waals surface area contributed by atoms with E-state index in [1.54, 1.807) is 18.0 Å². The third kappa shape index (κ3) is 4.42. The molecule has 0 unspecified atom stereocenters. The van der Waals surface area contributed by atoms with Gasteiger partial charge in [0.25, 0.3) is 0 Å². The smallest absolute Gasteiger partial charge is 0.223 e. The summed E-state index contributed by atoms with van der Waals surface area (Å²) in [5, 5.41) is 12.8. The molecule has 2 fully saturated rings. The van der Waals surface area contributed by atoms with Crippen LogP contribution in [0.5, 0.6) is 0 Å². The number of methoxy groups -OCH3 is 1.